The topological polar surface area (TPSA) is 124 Å². The fourth-order valence-corrected chi connectivity index (χ4v) is 1.61. The van der Waals surface area contributed by atoms with E-state index in [9.17, 15) is 19.8 Å². The van der Waals surface area contributed by atoms with Crippen LogP contribution in [0.25, 0.3) is 0 Å². The molecule has 0 spiro atoms. The van der Waals surface area contributed by atoms with Crippen LogP contribution in [0.3, 0.4) is 0 Å². The minimum atomic E-state index is -1.78. The van der Waals surface area contributed by atoms with Crippen LogP contribution >= 0.6 is 0 Å². The summed E-state index contributed by atoms with van der Waals surface area (Å²) in [7, 11) is 0. The molecule has 0 heterocycles. The lowest BCUT2D eigenvalue weighted by Crippen LogP contribution is -2.48. The van der Waals surface area contributed by atoms with E-state index in [2.05, 4.69) is 0 Å². The van der Waals surface area contributed by atoms with Crippen molar-refractivity contribution in [3.63, 3.8) is 0 Å². The minimum Gasteiger partial charge on any atom is -0.452 e. The zero-order chi connectivity index (χ0) is 15.5. The lowest BCUT2D eigenvalue weighted by molar-refractivity contribution is -0.168. The molecule has 0 aliphatic carbocycles. The van der Waals surface area contributed by atoms with E-state index in [0.717, 1.165) is 19.3 Å². The van der Waals surface area contributed by atoms with Crippen LogP contribution < -0.4 is 0 Å². The number of aliphatic hydroxyl groups excluding tert-OH is 4. The minimum absolute atomic E-state index is 0.121. The van der Waals surface area contributed by atoms with Crippen LogP contribution in [0.1, 0.15) is 39.0 Å². The molecular formula is C13H24O7. The molecule has 0 radical (unpaired) electrons. The number of hydrogen-bond acceptors (Lipinski definition) is 7. The Kier molecular flexibility index (Phi) is 10.2. The van der Waals surface area contributed by atoms with Gasteiger partial charge in [0.1, 0.15) is 18.3 Å². The van der Waals surface area contributed by atoms with E-state index in [1.165, 1.54) is 0 Å². The van der Waals surface area contributed by atoms with Gasteiger partial charge in [-0.05, 0) is 6.42 Å². The fraction of sp³-hybridized carbons (Fsp3) is 0.846. The summed E-state index contributed by atoms with van der Waals surface area (Å²) in [6.45, 7) is 1.25. The summed E-state index contributed by atoms with van der Waals surface area (Å²) in [6.07, 6.45) is -2.93. The molecule has 0 aromatic carbocycles. The maximum atomic E-state index is 11.5. The average molecular weight is 292 g/mol. The van der Waals surface area contributed by atoms with Crippen LogP contribution in [0.15, 0.2) is 0 Å². The first-order valence-electron chi connectivity index (χ1n) is 6.77. The van der Waals surface area contributed by atoms with E-state index in [1.807, 2.05) is 6.92 Å². The van der Waals surface area contributed by atoms with Gasteiger partial charge in [-0.2, -0.15) is 0 Å². The van der Waals surface area contributed by atoms with Crippen LogP contribution in [-0.2, 0) is 14.3 Å². The molecule has 0 amide bonds. The fourth-order valence-electron chi connectivity index (χ4n) is 1.61. The van der Waals surface area contributed by atoms with Gasteiger partial charge < -0.3 is 25.2 Å². The summed E-state index contributed by atoms with van der Waals surface area (Å²) in [5, 5.41) is 36.8. The number of carbonyl (C=O) groups is 2. The third kappa shape index (κ3) is 6.95. The molecule has 4 atom stereocenters. The molecule has 118 valence electrons. The number of unbranched alkanes of at least 4 members (excludes halogenated alkanes) is 3. The first-order valence-corrected chi connectivity index (χ1v) is 6.77. The Morgan fingerprint density at radius 2 is 1.80 bits per heavy atom. The summed E-state index contributed by atoms with van der Waals surface area (Å²) >= 11 is 0. The Hall–Kier alpha value is -1.02. The van der Waals surface area contributed by atoms with Crippen molar-refractivity contribution in [2.75, 3.05) is 6.61 Å². The second-order valence-electron chi connectivity index (χ2n) is 4.63. The highest BCUT2D eigenvalue weighted by Gasteiger charge is 2.33. The maximum Gasteiger partial charge on any atom is 0.306 e. The first kappa shape index (κ1) is 19.0. The molecule has 0 bridgehead atoms. The molecule has 7 heteroatoms. The average Bonchev–Trinajstić information content (AvgIpc) is 2.46. The molecule has 4 N–H and O–H groups in total. The van der Waals surface area contributed by atoms with Crippen LogP contribution in [-0.4, -0.2) is 63.7 Å². The van der Waals surface area contributed by atoms with Gasteiger partial charge in [0.15, 0.2) is 12.4 Å². The van der Waals surface area contributed by atoms with E-state index in [-0.39, 0.29) is 12.7 Å². The third-order valence-electron chi connectivity index (χ3n) is 2.90. The summed E-state index contributed by atoms with van der Waals surface area (Å²) in [5.41, 5.74) is 0. The predicted molar refractivity (Wildman–Crippen MR) is 69.8 cm³/mol. The van der Waals surface area contributed by atoms with E-state index in [4.69, 9.17) is 14.9 Å². The highest BCUT2D eigenvalue weighted by atomic mass is 16.6. The Bertz CT molecular complexity index is 282. The zero-order valence-electron chi connectivity index (χ0n) is 11.6. The highest BCUT2D eigenvalue weighted by molar-refractivity contribution is 5.72. The first-order chi connectivity index (χ1) is 9.47. The quantitative estimate of drug-likeness (QED) is 0.222. The van der Waals surface area contributed by atoms with E-state index in [1.54, 1.807) is 0 Å². The molecule has 0 aromatic rings. The molecule has 0 fully saturated rings. The van der Waals surface area contributed by atoms with E-state index >= 15 is 0 Å². The Morgan fingerprint density at radius 1 is 1.15 bits per heavy atom. The van der Waals surface area contributed by atoms with E-state index < -0.39 is 37.0 Å². The van der Waals surface area contributed by atoms with Crippen molar-refractivity contribution in [1.29, 1.82) is 0 Å². The molecule has 7 nitrogen and oxygen atoms in total. The summed E-state index contributed by atoms with van der Waals surface area (Å²) in [6, 6.07) is 0. The maximum absolute atomic E-state index is 11.5. The zero-order valence-corrected chi connectivity index (χ0v) is 11.6. The number of aldehydes is 1. The highest BCUT2D eigenvalue weighted by Crippen LogP contribution is 2.10. The second kappa shape index (κ2) is 10.7. The summed E-state index contributed by atoms with van der Waals surface area (Å²) in [5.74, 6) is -0.650. The van der Waals surface area contributed by atoms with Crippen molar-refractivity contribution in [2.24, 2.45) is 0 Å². The molecule has 0 aromatic heterocycles. The SMILES string of the molecule is CCCCCCC(=O)O[C@@H](C=O)[C@@H](O)[C@H](O)[C@H](O)CO. The van der Waals surface area contributed by atoms with Gasteiger partial charge in [0.25, 0.3) is 0 Å². The monoisotopic (exact) mass is 292 g/mol. The lowest BCUT2D eigenvalue weighted by atomic mass is 10.0. The number of aliphatic hydroxyl groups is 4. The molecule has 0 rings (SSSR count). The van der Waals surface area contributed by atoms with Gasteiger partial charge in [-0.15, -0.1) is 0 Å². The van der Waals surface area contributed by atoms with Gasteiger partial charge in [-0.3, -0.25) is 9.59 Å². The van der Waals surface area contributed by atoms with Crippen LogP contribution in [0, 0.1) is 0 Å². The van der Waals surface area contributed by atoms with Gasteiger partial charge in [0, 0.05) is 6.42 Å². The van der Waals surface area contributed by atoms with Crippen LogP contribution in [0.4, 0.5) is 0 Å². The van der Waals surface area contributed by atoms with Crippen molar-refractivity contribution in [3.05, 3.63) is 0 Å². The number of hydrogen-bond donors (Lipinski definition) is 4. The molecule has 0 aliphatic heterocycles. The van der Waals surface area contributed by atoms with Gasteiger partial charge in [-0.1, -0.05) is 26.2 Å². The van der Waals surface area contributed by atoms with Crippen LogP contribution in [0.2, 0.25) is 0 Å². The van der Waals surface area contributed by atoms with Gasteiger partial charge in [0.05, 0.1) is 6.61 Å². The Morgan fingerprint density at radius 3 is 2.30 bits per heavy atom. The van der Waals surface area contributed by atoms with Crippen LogP contribution in [0.5, 0.6) is 0 Å². The van der Waals surface area contributed by atoms with Crippen molar-refractivity contribution < 1.29 is 34.8 Å². The lowest BCUT2D eigenvalue weighted by Gasteiger charge is -2.25. The standard InChI is InChI=1S/C13H24O7/c1-2-3-4-5-6-11(17)20-10(8-15)13(19)12(18)9(16)7-14/h8-10,12-14,16,18-19H,2-7H2,1H3/t9-,10+,12-,13-/m1/s1. The third-order valence-corrected chi connectivity index (χ3v) is 2.90. The Labute approximate surface area is 118 Å². The second-order valence-corrected chi connectivity index (χ2v) is 4.63. The van der Waals surface area contributed by atoms with E-state index in [0.29, 0.717) is 6.42 Å². The van der Waals surface area contributed by atoms with Crippen molar-refractivity contribution in [1.82, 2.24) is 0 Å². The van der Waals surface area contributed by atoms with Gasteiger partial charge in [-0.25, -0.2) is 0 Å². The smallest absolute Gasteiger partial charge is 0.306 e. The molecule has 0 aliphatic rings. The molecular weight excluding hydrogens is 268 g/mol. The van der Waals surface area contributed by atoms with Crippen molar-refractivity contribution in [3.8, 4) is 0 Å². The van der Waals surface area contributed by atoms with Gasteiger partial charge >= 0.3 is 5.97 Å². The van der Waals surface area contributed by atoms with Crippen molar-refractivity contribution >= 4 is 12.3 Å². The summed E-state index contributed by atoms with van der Waals surface area (Å²) in [4.78, 5) is 22.2. The Balaban J connectivity index is 4.25. The molecule has 0 saturated heterocycles. The normalized spacial score (nSPS) is 17.1. The number of carbonyl (C=O) groups excluding carboxylic acids is 2. The van der Waals surface area contributed by atoms with Crippen molar-refractivity contribution in [2.45, 2.75) is 63.4 Å². The molecule has 0 saturated carbocycles. The largest absolute Gasteiger partial charge is 0.452 e. The number of esters is 1. The number of ether oxygens (including phenoxy) is 1. The molecule has 20 heavy (non-hydrogen) atoms. The predicted octanol–water partition coefficient (Wildman–Crippen LogP) is -0.858. The summed E-state index contributed by atoms with van der Waals surface area (Å²) < 4.78 is 4.75. The van der Waals surface area contributed by atoms with Gasteiger partial charge in [0.2, 0.25) is 0 Å². The number of rotatable bonds is 11. The molecule has 0 unspecified atom stereocenters.